The van der Waals surface area contributed by atoms with Gasteiger partial charge in [0.25, 0.3) is 0 Å². The molecule has 3 rings (SSSR count). The van der Waals surface area contributed by atoms with E-state index in [-0.39, 0.29) is 5.84 Å². The van der Waals surface area contributed by atoms with E-state index in [1.807, 2.05) is 0 Å². The highest BCUT2D eigenvalue weighted by molar-refractivity contribution is 6.05. The molecule has 0 amide bonds. The Morgan fingerprint density at radius 2 is 1.91 bits per heavy atom. The van der Waals surface area contributed by atoms with Crippen molar-refractivity contribution in [2.24, 2.45) is 5.73 Å². The number of pyridine rings is 1. The van der Waals surface area contributed by atoms with Crippen LogP contribution in [0.15, 0.2) is 42.6 Å². The number of aldehydes is 1. The molecule has 0 atom stereocenters. The van der Waals surface area contributed by atoms with Gasteiger partial charge in [0.15, 0.2) is 0 Å². The van der Waals surface area contributed by atoms with Gasteiger partial charge in [0.1, 0.15) is 23.5 Å². The minimum absolute atomic E-state index is 0.171. The predicted molar refractivity (Wildman–Crippen MR) is 88.1 cm³/mol. The summed E-state index contributed by atoms with van der Waals surface area (Å²) in [6.07, 6.45) is 2.43. The fourth-order valence-electron chi connectivity index (χ4n) is 2.31. The van der Waals surface area contributed by atoms with Gasteiger partial charge in [-0.15, -0.1) is 0 Å². The number of carbonyl (C=O) groups excluding carboxylic acids is 1. The lowest BCUT2D eigenvalue weighted by molar-refractivity contribution is 0.112. The second-order valence-electron chi connectivity index (χ2n) is 4.93. The Morgan fingerprint density at radius 3 is 2.48 bits per heavy atom. The Hall–Kier alpha value is -3.48. The van der Waals surface area contributed by atoms with Gasteiger partial charge in [0, 0.05) is 23.0 Å². The summed E-state index contributed by atoms with van der Waals surface area (Å²) in [5.74, 6) is -0.171. The smallest absolute Gasteiger partial charge is 0.150 e. The molecule has 0 fully saturated rings. The molecular weight excluding hydrogens is 292 g/mol. The molecule has 0 radical (unpaired) electrons. The van der Waals surface area contributed by atoms with Gasteiger partial charge in [-0.25, -0.2) is 4.98 Å². The number of hydrogen-bond acceptors (Lipinski definition) is 5. The van der Waals surface area contributed by atoms with E-state index in [4.69, 9.17) is 16.9 Å². The lowest BCUT2D eigenvalue weighted by Crippen LogP contribution is -2.16. The highest BCUT2D eigenvalue weighted by atomic mass is 16.1. The number of rotatable bonds is 4. The van der Waals surface area contributed by atoms with Crippen LogP contribution in [0.25, 0.3) is 22.6 Å². The van der Waals surface area contributed by atoms with E-state index in [2.05, 4.69) is 15.2 Å². The van der Waals surface area contributed by atoms with Gasteiger partial charge in [-0.1, -0.05) is 24.3 Å². The SMILES string of the molecule is N=C(N)c1c(N)cc(-c2ccc(C=O)cc2)nc1-c1cc[nH]n1. The van der Waals surface area contributed by atoms with Gasteiger partial charge < -0.3 is 11.5 Å². The summed E-state index contributed by atoms with van der Waals surface area (Å²) >= 11 is 0. The minimum Gasteiger partial charge on any atom is -0.398 e. The highest BCUT2D eigenvalue weighted by Crippen LogP contribution is 2.29. The molecule has 23 heavy (non-hydrogen) atoms. The largest absolute Gasteiger partial charge is 0.398 e. The Labute approximate surface area is 131 Å². The van der Waals surface area contributed by atoms with E-state index >= 15 is 0 Å². The van der Waals surface area contributed by atoms with E-state index in [0.29, 0.717) is 33.9 Å². The second kappa shape index (κ2) is 5.72. The first kappa shape index (κ1) is 14.5. The zero-order chi connectivity index (χ0) is 16.4. The summed E-state index contributed by atoms with van der Waals surface area (Å²) < 4.78 is 0. The number of amidine groups is 1. The first-order valence-corrected chi connectivity index (χ1v) is 6.81. The van der Waals surface area contributed by atoms with Gasteiger partial charge in [-0.2, -0.15) is 5.10 Å². The van der Waals surface area contributed by atoms with Crippen molar-refractivity contribution < 1.29 is 4.79 Å². The zero-order valence-electron chi connectivity index (χ0n) is 12.1. The Bertz CT molecular complexity index is 868. The number of aromatic nitrogens is 3. The fourth-order valence-corrected chi connectivity index (χ4v) is 2.31. The molecule has 0 aliphatic carbocycles. The number of nitrogens with two attached hydrogens (primary N) is 2. The summed E-state index contributed by atoms with van der Waals surface area (Å²) in [5, 5.41) is 14.5. The second-order valence-corrected chi connectivity index (χ2v) is 4.93. The Morgan fingerprint density at radius 1 is 1.17 bits per heavy atom. The van der Waals surface area contributed by atoms with E-state index in [1.165, 1.54) is 0 Å². The molecule has 6 N–H and O–H groups in total. The lowest BCUT2D eigenvalue weighted by Gasteiger charge is -2.12. The maximum Gasteiger partial charge on any atom is 0.150 e. The van der Waals surface area contributed by atoms with E-state index in [0.717, 1.165) is 11.8 Å². The number of nitrogen functional groups attached to an aromatic ring is 2. The van der Waals surface area contributed by atoms with E-state index in [9.17, 15) is 4.79 Å². The standard InChI is InChI=1S/C16H14N6O/c17-11-7-13(10-3-1-9(8-23)2-4-10)21-15(14(11)16(18)19)12-5-6-20-22-12/h1-8H,(H2,17,21)(H3,18,19)(H,20,22). The van der Waals surface area contributed by atoms with Crippen LogP contribution in [0.4, 0.5) is 5.69 Å². The van der Waals surface area contributed by atoms with Gasteiger partial charge in [0.2, 0.25) is 0 Å². The number of nitrogens with one attached hydrogen (secondary N) is 2. The Kier molecular flexibility index (Phi) is 3.60. The van der Waals surface area contributed by atoms with Gasteiger partial charge in [-0.3, -0.25) is 15.3 Å². The molecule has 0 aliphatic rings. The molecule has 7 heteroatoms. The van der Waals surface area contributed by atoms with E-state index in [1.54, 1.807) is 42.6 Å². The molecule has 2 aromatic heterocycles. The highest BCUT2D eigenvalue weighted by Gasteiger charge is 2.17. The average Bonchev–Trinajstić information content (AvgIpc) is 3.08. The van der Waals surface area contributed by atoms with Gasteiger partial charge in [-0.05, 0) is 12.1 Å². The van der Waals surface area contributed by atoms with Crippen molar-refractivity contribution in [3.8, 4) is 22.6 Å². The summed E-state index contributed by atoms with van der Waals surface area (Å²) in [6, 6.07) is 10.4. The molecule has 2 heterocycles. The molecule has 0 saturated carbocycles. The molecular formula is C16H14N6O. The molecule has 3 aromatic rings. The number of aromatic amines is 1. The minimum atomic E-state index is -0.171. The van der Waals surface area contributed by atoms with Crippen molar-refractivity contribution in [3.05, 3.63) is 53.7 Å². The molecule has 0 unspecified atom stereocenters. The third-order valence-corrected chi connectivity index (χ3v) is 3.41. The third-order valence-electron chi connectivity index (χ3n) is 3.41. The summed E-state index contributed by atoms with van der Waals surface area (Å²) in [6.45, 7) is 0. The average molecular weight is 306 g/mol. The van der Waals surface area contributed by atoms with Crippen LogP contribution in [0.5, 0.6) is 0 Å². The quantitative estimate of drug-likeness (QED) is 0.331. The number of H-pyrrole nitrogens is 1. The predicted octanol–water partition coefficient (Wildman–Crippen LogP) is 1.82. The summed E-state index contributed by atoms with van der Waals surface area (Å²) in [4.78, 5) is 15.3. The zero-order valence-corrected chi connectivity index (χ0v) is 12.1. The molecule has 0 spiro atoms. The van der Waals surface area contributed by atoms with Crippen LogP contribution in [-0.2, 0) is 0 Å². The normalized spacial score (nSPS) is 10.4. The number of anilines is 1. The maximum atomic E-state index is 10.8. The van der Waals surface area contributed by atoms with Gasteiger partial charge in [0.05, 0.1) is 11.3 Å². The van der Waals surface area contributed by atoms with Crippen molar-refractivity contribution in [3.63, 3.8) is 0 Å². The van der Waals surface area contributed by atoms with Crippen molar-refractivity contribution >= 4 is 17.8 Å². The number of nitrogens with zero attached hydrogens (tertiary/aromatic N) is 2. The molecule has 114 valence electrons. The fraction of sp³-hybridized carbons (Fsp3) is 0. The van der Waals surface area contributed by atoms with Crippen LogP contribution < -0.4 is 11.5 Å². The van der Waals surface area contributed by atoms with Crippen molar-refractivity contribution in [1.82, 2.24) is 15.2 Å². The molecule has 1 aromatic carbocycles. The third kappa shape index (κ3) is 2.67. The van der Waals surface area contributed by atoms with Crippen LogP contribution in [0.2, 0.25) is 0 Å². The van der Waals surface area contributed by atoms with Crippen molar-refractivity contribution in [2.45, 2.75) is 0 Å². The molecule has 7 nitrogen and oxygen atoms in total. The Balaban J connectivity index is 2.19. The van der Waals surface area contributed by atoms with Crippen LogP contribution in [-0.4, -0.2) is 27.3 Å². The molecule has 0 saturated heterocycles. The van der Waals surface area contributed by atoms with E-state index < -0.39 is 0 Å². The van der Waals surface area contributed by atoms with Gasteiger partial charge >= 0.3 is 0 Å². The maximum absolute atomic E-state index is 10.8. The first-order valence-electron chi connectivity index (χ1n) is 6.81. The first-order chi connectivity index (χ1) is 11.1. The van der Waals surface area contributed by atoms with Crippen LogP contribution >= 0.6 is 0 Å². The number of benzene rings is 1. The monoisotopic (exact) mass is 306 g/mol. The lowest BCUT2D eigenvalue weighted by atomic mass is 10.0. The molecule has 0 bridgehead atoms. The topological polar surface area (TPSA) is 135 Å². The number of hydrogen-bond donors (Lipinski definition) is 4. The summed E-state index contributed by atoms with van der Waals surface area (Å²) in [7, 11) is 0. The van der Waals surface area contributed by atoms with Crippen LogP contribution in [0, 0.1) is 5.41 Å². The molecule has 0 aliphatic heterocycles. The van der Waals surface area contributed by atoms with Crippen molar-refractivity contribution in [1.29, 1.82) is 5.41 Å². The van der Waals surface area contributed by atoms with Crippen LogP contribution in [0.1, 0.15) is 15.9 Å². The summed E-state index contributed by atoms with van der Waals surface area (Å²) in [5.41, 5.74) is 15.4. The van der Waals surface area contributed by atoms with Crippen molar-refractivity contribution in [2.75, 3.05) is 5.73 Å². The number of carbonyl (C=O) groups is 1. The van der Waals surface area contributed by atoms with Crippen LogP contribution in [0.3, 0.4) is 0 Å².